The average Bonchev–Trinajstić information content (AvgIpc) is 2.47. The number of nitrogens with zero attached hydrogens (tertiary/aromatic N) is 1. The van der Waals surface area contributed by atoms with Gasteiger partial charge in [-0.25, -0.2) is 4.39 Å². The molecular formula is C17H10ClF4NO. The van der Waals surface area contributed by atoms with E-state index >= 15 is 0 Å². The van der Waals surface area contributed by atoms with E-state index in [1.807, 2.05) is 0 Å². The molecule has 24 heavy (non-hydrogen) atoms. The van der Waals surface area contributed by atoms with E-state index in [-0.39, 0.29) is 34.8 Å². The molecule has 0 aromatic heterocycles. The van der Waals surface area contributed by atoms with E-state index < -0.39 is 17.6 Å². The maximum atomic E-state index is 13.3. The van der Waals surface area contributed by atoms with Crippen LogP contribution in [-0.2, 0) is 23.8 Å². The lowest BCUT2D eigenvalue weighted by atomic mass is 10.0. The molecule has 0 bridgehead atoms. The van der Waals surface area contributed by atoms with Crippen LogP contribution in [0, 0.1) is 17.1 Å². The molecule has 0 saturated carbocycles. The second-order valence-electron chi connectivity index (χ2n) is 5.16. The van der Waals surface area contributed by atoms with Crippen LogP contribution in [-0.4, -0.2) is 5.78 Å². The molecule has 0 unspecified atom stereocenters. The molecule has 0 heterocycles. The number of halogens is 5. The highest BCUT2D eigenvalue weighted by molar-refractivity contribution is 6.31. The molecule has 0 fully saturated rings. The Morgan fingerprint density at radius 1 is 1.12 bits per heavy atom. The van der Waals surface area contributed by atoms with Crippen LogP contribution < -0.4 is 0 Å². The number of ketones is 1. The summed E-state index contributed by atoms with van der Waals surface area (Å²) in [6.07, 6.45) is -4.85. The Balaban J connectivity index is 2.13. The molecule has 0 aliphatic rings. The third kappa shape index (κ3) is 4.56. The summed E-state index contributed by atoms with van der Waals surface area (Å²) in [5, 5.41) is 8.62. The molecule has 2 aromatic carbocycles. The average molecular weight is 356 g/mol. The number of carbonyl (C=O) groups is 1. The summed E-state index contributed by atoms with van der Waals surface area (Å²) in [4.78, 5) is 12.0. The van der Waals surface area contributed by atoms with E-state index in [9.17, 15) is 22.4 Å². The van der Waals surface area contributed by atoms with Crippen LogP contribution in [0.2, 0.25) is 5.02 Å². The first-order chi connectivity index (χ1) is 11.2. The highest BCUT2D eigenvalue weighted by Gasteiger charge is 2.30. The van der Waals surface area contributed by atoms with Crippen molar-refractivity contribution in [1.82, 2.24) is 0 Å². The van der Waals surface area contributed by atoms with Crippen LogP contribution in [0.3, 0.4) is 0 Å². The van der Waals surface area contributed by atoms with Gasteiger partial charge in [-0.1, -0.05) is 17.7 Å². The van der Waals surface area contributed by atoms with Crippen molar-refractivity contribution in [3.05, 3.63) is 69.5 Å². The maximum absolute atomic E-state index is 13.3. The first-order valence-electron chi connectivity index (χ1n) is 6.76. The fourth-order valence-corrected chi connectivity index (χ4v) is 2.43. The van der Waals surface area contributed by atoms with Gasteiger partial charge in [0.05, 0.1) is 17.2 Å². The van der Waals surface area contributed by atoms with Crippen molar-refractivity contribution in [1.29, 1.82) is 5.26 Å². The van der Waals surface area contributed by atoms with Gasteiger partial charge in [0.15, 0.2) is 0 Å². The Morgan fingerprint density at radius 3 is 2.42 bits per heavy atom. The third-order valence-corrected chi connectivity index (χ3v) is 3.61. The largest absolute Gasteiger partial charge is 0.416 e. The van der Waals surface area contributed by atoms with Crippen LogP contribution in [0.5, 0.6) is 0 Å². The van der Waals surface area contributed by atoms with Crippen LogP contribution in [0.1, 0.15) is 22.3 Å². The summed E-state index contributed by atoms with van der Waals surface area (Å²) in [5.41, 5.74) is -0.232. The number of carbonyl (C=O) groups excluding carboxylic acids is 1. The van der Waals surface area contributed by atoms with Gasteiger partial charge in [-0.2, -0.15) is 18.4 Å². The fourth-order valence-electron chi connectivity index (χ4n) is 2.19. The van der Waals surface area contributed by atoms with E-state index in [1.165, 1.54) is 6.07 Å². The highest BCUT2D eigenvalue weighted by atomic mass is 35.5. The predicted molar refractivity (Wildman–Crippen MR) is 80.0 cm³/mol. The van der Waals surface area contributed by atoms with Crippen molar-refractivity contribution >= 4 is 17.4 Å². The number of alkyl halides is 3. The zero-order chi connectivity index (χ0) is 17.9. The molecule has 2 nitrogen and oxygen atoms in total. The zero-order valence-electron chi connectivity index (χ0n) is 12.1. The summed E-state index contributed by atoms with van der Waals surface area (Å²) >= 11 is 5.80. The van der Waals surface area contributed by atoms with Crippen molar-refractivity contribution in [2.45, 2.75) is 19.0 Å². The second-order valence-corrected chi connectivity index (χ2v) is 5.56. The first-order valence-corrected chi connectivity index (χ1v) is 7.13. The second kappa shape index (κ2) is 7.02. The standard InChI is InChI=1S/C17H10ClF4NO/c18-16-8-13(17(20,21)22)2-1-12(16)7-15(24)6-10-3-11(9-23)5-14(19)4-10/h1-5,8H,6-7H2. The van der Waals surface area contributed by atoms with Crippen LogP contribution >= 0.6 is 11.6 Å². The molecule has 0 spiro atoms. The van der Waals surface area contributed by atoms with Gasteiger partial charge in [0.25, 0.3) is 0 Å². The van der Waals surface area contributed by atoms with E-state index in [4.69, 9.17) is 16.9 Å². The molecule has 0 radical (unpaired) electrons. The number of hydrogen-bond donors (Lipinski definition) is 0. The number of benzene rings is 2. The molecule has 7 heteroatoms. The normalized spacial score (nSPS) is 11.2. The SMILES string of the molecule is N#Cc1cc(F)cc(CC(=O)Cc2ccc(C(F)(F)F)cc2Cl)c1. The summed E-state index contributed by atoms with van der Waals surface area (Å²) in [5.74, 6) is -0.990. The van der Waals surface area contributed by atoms with Crippen LogP contribution in [0.4, 0.5) is 17.6 Å². The molecule has 2 aromatic rings. The minimum Gasteiger partial charge on any atom is -0.299 e. The predicted octanol–water partition coefficient (Wildman–Crippen LogP) is 4.72. The number of rotatable bonds is 4. The Labute approximate surface area is 140 Å². The smallest absolute Gasteiger partial charge is 0.299 e. The molecule has 2 rings (SSSR count). The Hall–Kier alpha value is -2.39. The van der Waals surface area contributed by atoms with Crippen molar-refractivity contribution in [3.8, 4) is 6.07 Å². The van der Waals surface area contributed by atoms with Crippen molar-refractivity contribution in [2.75, 3.05) is 0 Å². The molecular weight excluding hydrogens is 346 g/mol. The van der Waals surface area contributed by atoms with Gasteiger partial charge in [-0.15, -0.1) is 0 Å². The van der Waals surface area contributed by atoms with Crippen LogP contribution in [0.15, 0.2) is 36.4 Å². The number of Topliss-reactive ketones (excluding diaryl/α,β-unsaturated/α-hetero) is 1. The van der Waals surface area contributed by atoms with Gasteiger partial charge in [0, 0.05) is 17.9 Å². The number of nitriles is 1. The Bertz CT molecular complexity index is 824. The lowest BCUT2D eigenvalue weighted by Crippen LogP contribution is -2.09. The molecule has 0 saturated heterocycles. The van der Waals surface area contributed by atoms with E-state index in [0.29, 0.717) is 5.56 Å². The Kier molecular flexibility index (Phi) is 5.25. The topological polar surface area (TPSA) is 40.9 Å². The minimum absolute atomic E-state index is 0.0883. The lowest BCUT2D eigenvalue weighted by Gasteiger charge is -2.10. The third-order valence-electron chi connectivity index (χ3n) is 3.26. The molecule has 0 N–H and O–H groups in total. The maximum Gasteiger partial charge on any atom is 0.416 e. The van der Waals surface area contributed by atoms with Gasteiger partial charge < -0.3 is 0 Å². The van der Waals surface area contributed by atoms with Crippen molar-refractivity contribution in [2.24, 2.45) is 0 Å². The van der Waals surface area contributed by atoms with Gasteiger partial charge in [0.2, 0.25) is 0 Å². The zero-order valence-corrected chi connectivity index (χ0v) is 12.9. The van der Waals surface area contributed by atoms with Gasteiger partial charge in [-0.3, -0.25) is 4.79 Å². The lowest BCUT2D eigenvalue weighted by molar-refractivity contribution is -0.137. The first kappa shape index (κ1) is 18.0. The summed E-state index contributed by atoms with van der Waals surface area (Å²) < 4.78 is 51.0. The highest BCUT2D eigenvalue weighted by Crippen LogP contribution is 2.32. The monoisotopic (exact) mass is 355 g/mol. The Morgan fingerprint density at radius 2 is 1.83 bits per heavy atom. The van der Waals surface area contributed by atoms with Crippen LogP contribution in [0.25, 0.3) is 0 Å². The minimum atomic E-state index is -4.51. The summed E-state index contributed by atoms with van der Waals surface area (Å²) in [6.45, 7) is 0. The van der Waals surface area contributed by atoms with Gasteiger partial charge in [0.1, 0.15) is 11.6 Å². The quantitative estimate of drug-likeness (QED) is 0.744. The fraction of sp³-hybridized carbons (Fsp3) is 0.176. The van der Waals surface area contributed by atoms with E-state index in [1.54, 1.807) is 6.07 Å². The molecule has 0 aliphatic heterocycles. The van der Waals surface area contributed by atoms with E-state index in [2.05, 4.69) is 0 Å². The van der Waals surface area contributed by atoms with Gasteiger partial charge in [-0.05, 0) is 41.5 Å². The summed E-state index contributed by atoms with van der Waals surface area (Å²) in [7, 11) is 0. The van der Waals surface area contributed by atoms with E-state index in [0.717, 1.165) is 30.3 Å². The molecule has 0 atom stereocenters. The number of hydrogen-bond acceptors (Lipinski definition) is 2. The molecule has 0 aliphatic carbocycles. The molecule has 0 amide bonds. The van der Waals surface area contributed by atoms with Crippen molar-refractivity contribution in [3.63, 3.8) is 0 Å². The summed E-state index contributed by atoms with van der Waals surface area (Å²) in [6, 6.07) is 8.10. The van der Waals surface area contributed by atoms with Gasteiger partial charge >= 0.3 is 6.18 Å². The molecule has 124 valence electrons. The van der Waals surface area contributed by atoms with Crippen molar-refractivity contribution < 1.29 is 22.4 Å².